The molecule has 1 aromatic heterocycles. The molecule has 0 aliphatic heterocycles. The van der Waals surface area contributed by atoms with Gasteiger partial charge < -0.3 is 20.7 Å². The number of thiophene rings is 1. The summed E-state index contributed by atoms with van der Waals surface area (Å²) in [4.78, 5) is 17.4. The molecule has 0 saturated heterocycles. The molecule has 0 bridgehead atoms. The lowest BCUT2D eigenvalue weighted by atomic mass is 9.91. The van der Waals surface area contributed by atoms with Crippen molar-refractivity contribution in [2.45, 2.75) is 44.6 Å². The van der Waals surface area contributed by atoms with Gasteiger partial charge in [0.25, 0.3) is 5.91 Å². The average Bonchev–Trinajstić information content (AvgIpc) is 3.36. The molecule has 6 nitrogen and oxygen atoms in total. The maximum absolute atomic E-state index is 11.7. The van der Waals surface area contributed by atoms with Gasteiger partial charge >= 0.3 is 0 Å². The van der Waals surface area contributed by atoms with Crippen molar-refractivity contribution in [1.29, 1.82) is 0 Å². The van der Waals surface area contributed by atoms with Gasteiger partial charge in [0.15, 0.2) is 12.6 Å². The van der Waals surface area contributed by atoms with E-state index in [1.54, 1.807) is 18.4 Å². The summed E-state index contributed by atoms with van der Waals surface area (Å²) in [5, 5.41) is 11.8. The molecule has 3 rings (SSSR count). The van der Waals surface area contributed by atoms with Crippen LogP contribution in [-0.4, -0.2) is 44.7 Å². The topological polar surface area (TPSA) is 74.8 Å². The Morgan fingerprint density at radius 2 is 1.97 bits per heavy atom. The molecule has 0 atom stereocenters. The van der Waals surface area contributed by atoms with Crippen molar-refractivity contribution in [3.05, 3.63) is 52.2 Å². The van der Waals surface area contributed by atoms with E-state index in [-0.39, 0.29) is 17.9 Å². The van der Waals surface area contributed by atoms with E-state index in [1.807, 2.05) is 24.3 Å². The third-order valence-electron chi connectivity index (χ3n) is 5.05. The van der Waals surface area contributed by atoms with E-state index in [0.29, 0.717) is 11.8 Å². The van der Waals surface area contributed by atoms with Gasteiger partial charge in [-0.25, -0.2) is 0 Å². The summed E-state index contributed by atoms with van der Waals surface area (Å²) in [5.74, 6) is 1.47. The third kappa shape index (κ3) is 7.06. The average molecular weight is 429 g/mol. The van der Waals surface area contributed by atoms with E-state index in [1.165, 1.54) is 10.4 Å². The monoisotopic (exact) mass is 428 g/mol. The van der Waals surface area contributed by atoms with Gasteiger partial charge in [-0.3, -0.25) is 9.79 Å². The fourth-order valence-electron chi connectivity index (χ4n) is 3.00. The first-order valence-corrected chi connectivity index (χ1v) is 11.3. The Hall–Kier alpha value is -2.54. The molecule has 7 heteroatoms. The number of guanidine groups is 1. The van der Waals surface area contributed by atoms with Gasteiger partial charge in [0.05, 0.1) is 0 Å². The fraction of sp³-hybridized carbons (Fsp3) is 0.478. The highest BCUT2D eigenvalue weighted by molar-refractivity contribution is 7.10. The lowest BCUT2D eigenvalue weighted by molar-refractivity contribution is -0.123. The van der Waals surface area contributed by atoms with E-state index in [0.717, 1.165) is 38.3 Å². The Morgan fingerprint density at radius 1 is 1.20 bits per heavy atom. The maximum atomic E-state index is 11.7. The van der Waals surface area contributed by atoms with Crippen LogP contribution in [0.25, 0.3) is 0 Å². The quantitative estimate of drug-likeness (QED) is 0.402. The number of hydrogen-bond donors (Lipinski definition) is 3. The molecule has 3 N–H and O–H groups in total. The molecule has 1 fully saturated rings. The van der Waals surface area contributed by atoms with Gasteiger partial charge in [-0.05, 0) is 48.4 Å². The molecular formula is C23H32N4O2S. The second-order valence-corrected chi connectivity index (χ2v) is 9.19. The SMILES string of the molecule is CN=C(NCCc1ccc(OCC(=O)NC2CC2)cc1)NCC(C)(C)c1cccs1. The van der Waals surface area contributed by atoms with E-state index >= 15 is 0 Å². The number of carbonyl (C=O) groups excluding carboxylic acids is 1. The Labute approximate surface area is 183 Å². The van der Waals surface area contributed by atoms with Gasteiger partial charge in [0.1, 0.15) is 5.75 Å². The zero-order chi connectivity index (χ0) is 21.4. The van der Waals surface area contributed by atoms with E-state index in [4.69, 9.17) is 4.74 Å². The summed E-state index contributed by atoms with van der Waals surface area (Å²) in [5.41, 5.74) is 1.25. The summed E-state index contributed by atoms with van der Waals surface area (Å²) in [6.45, 7) is 6.13. The first-order valence-electron chi connectivity index (χ1n) is 10.5. The summed E-state index contributed by atoms with van der Waals surface area (Å²) >= 11 is 1.78. The Kier molecular flexibility index (Phi) is 7.74. The summed E-state index contributed by atoms with van der Waals surface area (Å²) in [6.07, 6.45) is 3.04. The zero-order valence-corrected chi connectivity index (χ0v) is 18.8. The van der Waals surface area contributed by atoms with Crippen LogP contribution in [0.1, 0.15) is 37.1 Å². The minimum atomic E-state index is -0.0492. The van der Waals surface area contributed by atoms with Crippen LogP contribution in [0, 0.1) is 0 Å². The van der Waals surface area contributed by atoms with Crippen LogP contribution in [0.4, 0.5) is 0 Å². The van der Waals surface area contributed by atoms with Crippen molar-refractivity contribution in [3.8, 4) is 5.75 Å². The molecule has 1 aromatic carbocycles. The van der Waals surface area contributed by atoms with Gasteiger partial charge in [-0.1, -0.05) is 32.0 Å². The summed E-state index contributed by atoms with van der Waals surface area (Å²) in [7, 11) is 1.79. The predicted octanol–water partition coefficient (Wildman–Crippen LogP) is 3.09. The second kappa shape index (κ2) is 10.5. The number of hydrogen-bond acceptors (Lipinski definition) is 4. The summed E-state index contributed by atoms with van der Waals surface area (Å²) in [6, 6.07) is 12.5. The molecular weight excluding hydrogens is 396 g/mol. The molecule has 1 aliphatic carbocycles. The Bertz CT molecular complexity index is 827. The van der Waals surface area contributed by atoms with Gasteiger partial charge in [-0.15, -0.1) is 11.3 Å². The zero-order valence-electron chi connectivity index (χ0n) is 18.0. The molecule has 30 heavy (non-hydrogen) atoms. The molecule has 1 aliphatic rings. The molecule has 1 saturated carbocycles. The highest BCUT2D eigenvalue weighted by Crippen LogP contribution is 2.26. The standard InChI is InChI=1S/C23H32N4O2S/c1-23(2,20-5-4-14-30-20)16-26-22(24-3)25-13-12-17-6-10-19(11-7-17)29-15-21(28)27-18-8-9-18/h4-7,10-11,14,18H,8-9,12-13,15-16H2,1-3H3,(H,27,28)(H2,24,25,26). The van der Waals surface area contributed by atoms with Crippen molar-refractivity contribution in [1.82, 2.24) is 16.0 Å². The van der Waals surface area contributed by atoms with Crippen LogP contribution in [0.3, 0.4) is 0 Å². The number of ether oxygens (including phenoxy) is 1. The highest BCUT2D eigenvalue weighted by atomic mass is 32.1. The van der Waals surface area contributed by atoms with Crippen molar-refractivity contribution >= 4 is 23.2 Å². The van der Waals surface area contributed by atoms with Crippen LogP contribution in [0.15, 0.2) is 46.8 Å². The Balaban J connectivity index is 1.36. The lowest BCUT2D eigenvalue weighted by Gasteiger charge is -2.25. The number of nitrogens with zero attached hydrogens (tertiary/aromatic N) is 1. The van der Waals surface area contributed by atoms with Gasteiger partial charge in [-0.2, -0.15) is 0 Å². The molecule has 162 valence electrons. The third-order valence-corrected chi connectivity index (χ3v) is 6.29. The highest BCUT2D eigenvalue weighted by Gasteiger charge is 2.23. The van der Waals surface area contributed by atoms with Crippen LogP contribution in [-0.2, 0) is 16.6 Å². The molecule has 0 radical (unpaired) electrons. The minimum Gasteiger partial charge on any atom is -0.484 e. The van der Waals surface area contributed by atoms with E-state index < -0.39 is 0 Å². The molecule has 1 heterocycles. The number of rotatable bonds is 10. The number of carbonyl (C=O) groups is 1. The number of amides is 1. The first-order chi connectivity index (χ1) is 14.5. The van der Waals surface area contributed by atoms with Crippen LogP contribution >= 0.6 is 11.3 Å². The molecule has 0 spiro atoms. The van der Waals surface area contributed by atoms with Crippen LogP contribution < -0.4 is 20.7 Å². The van der Waals surface area contributed by atoms with Crippen LogP contribution in [0.2, 0.25) is 0 Å². The first kappa shape index (κ1) is 22.2. The van der Waals surface area contributed by atoms with Crippen molar-refractivity contribution in [2.75, 3.05) is 26.7 Å². The Morgan fingerprint density at radius 3 is 2.60 bits per heavy atom. The summed E-state index contributed by atoms with van der Waals surface area (Å²) < 4.78 is 5.55. The lowest BCUT2D eigenvalue weighted by Crippen LogP contribution is -2.43. The molecule has 2 aromatic rings. The largest absolute Gasteiger partial charge is 0.484 e. The number of aliphatic imine (C=N–C) groups is 1. The van der Waals surface area contributed by atoms with Crippen LogP contribution in [0.5, 0.6) is 5.75 Å². The molecule has 0 unspecified atom stereocenters. The fourth-order valence-corrected chi connectivity index (χ4v) is 3.85. The number of nitrogens with one attached hydrogen (secondary N) is 3. The van der Waals surface area contributed by atoms with Crippen molar-refractivity contribution < 1.29 is 9.53 Å². The predicted molar refractivity (Wildman–Crippen MR) is 124 cm³/mol. The van der Waals surface area contributed by atoms with Gasteiger partial charge in [0, 0.05) is 36.5 Å². The van der Waals surface area contributed by atoms with Gasteiger partial charge in [0.2, 0.25) is 0 Å². The van der Waals surface area contributed by atoms with E-state index in [9.17, 15) is 4.79 Å². The van der Waals surface area contributed by atoms with E-state index in [2.05, 4.69) is 52.3 Å². The molecule has 1 amide bonds. The maximum Gasteiger partial charge on any atom is 0.258 e. The second-order valence-electron chi connectivity index (χ2n) is 8.24. The minimum absolute atomic E-state index is 0.0492. The van der Waals surface area contributed by atoms with Crippen molar-refractivity contribution in [2.24, 2.45) is 4.99 Å². The number of benzene rings is 1. The van der Waals surface area contributed by atoms with Crippen molar-refractivity contribution in [3.63, 3.8) is 0 Å². The normalized spacial score (nSPS) is 14.3. The smallest absolute Gasteiger partial charge is 0.258 e.